The molecule has 1 saturated heterocycles. The van der Waals surface area contributed by atoms with Gasteiger partial charge in [-0.1, -0.05) is 12.8 Å². The highest BCUT2D eigenvalue weighted by atomic mass is 35.5. The maximum absolute atomic E-state index is 12.2. The van der Waals surface area contributed by atoms with Crippen molar-refractivity contribution in [2.24, 2.45) is 11.7 Å². The smallest absolute Gasteiger partial charge is 0.224 e. The Labute approximate surface area is 111 Å². The van der Waals surface area contributed by atoms with E-state index in [1.54, 1.807) is 0 Å². The van der Waals surface area contributed by atoms with Crippen LogP contribution in [-0.2, 0) is 4.79 Å². The molecule has 4 heteroatoms. The van der Waals surface area contributed by atoms with Gasteiger partial charge in [0.15, 0.2) is 0 Å². The second-order valence-corrected chi connectivity index (χ2v) is 5.68. The van der Waals surface area contributed by atoms with Crippen molar-refractivity contribution in [3.05, 3.63) is 0 Å². The molecule has 2 N–H and O–H groups in total. The van der Waals surface area contributed by atoms with Crippen LogP contribution in [0.1, 0.15) is 52.4 Å². The van der Waals surface area contributed by atoms with Gasteiger partial charge in [0.25, 0.3) is 0 Å². The van der Waals surface area contributed by atoms with Gasteiger partial charge in [-0.15, -0.1) is 12.4 Å². The minimum absolute atomic E-state index is 0. The van der Waals surface area contributed by atoms with E-state index in [0.29, 0.717) is 18.5 Å². The summed E-state index contributed by atoms with van der Waals surface area (Å²) in [7, 11) is 0. The van der Waals surface area contributed by atoms with Crippen LogP contribution >= 0.6 is 12.4 Å². The number of likely N-dealkylation sites (tertiary alicyclic amines) is 1. The van der Waals surface area contributed by atoms with Crippen LogP contribution in [0.4, 0.5) is 0 Å². The topological polar surface area (TPSA) is 46.3 Å². The van der Waals surface area contributed by atoms with Crippen LogP contribution in [0.3, 0.4) is 0 Å². The van der Waals surface area contributed by atoms with Gasteiger partial charge >= 0.3 is 0 Å². The quantitative estimate of drug-likeness (QED) is 0.828. The molecule has 0 aromatic carbocycles. The van der Waals surface area contributed by atoms with E-state index >= 15 is 0 Å². The van der Waals surface area contributed by atoms with Crippen molar-refractivity contribution >= 4 is 18.3 Å². The van der Waals surface area contributed by atoms with Gasteiger partial charge in [0, 0.05) is 24.5 Å². The summed E-state index contributed by atoms with van der Waals surface area (Å²) in [5, 5.41) is 0. The number of hydrogen-bond donors (Lipinski definition) is 1. The average molecular weight is 261 g/mol. The van der Waals surface area contributed by atoms with E-state index in [9.17, 15) is 4.79 Å². The van der Waals surface area contributed by atoms with Crippen LogP contribution in [0.15, 0.2) is 0 Å². The highest BCUT2D eigenvalue weighted by molar-refractivity contribution is 5.85. The summed E-state index contributed by atoms with van der Waals surface area (Å²) in [4.78, 5) is 14.3. The molecule has 0 radical (unpaired) electrons. The average Bonchev–Trinajstić information content (AvgIpc) is 2.52. The molecule has 0 aromatic rings. The van der Waals surface area contributed by atoms with Crippen molar-refractivity contribution in [2.45, 2.75) is 70.5 Å². The second kappa shape index (κ2) is 6.05. The Balaban J connectivity index is 0.00000144. The van der Waals surface area contributed by atoms with Gasteiger partial charge in [0.1, 0.15) is 0 Å². The zero-order valence-electron chi connectivity index (χ0n) is 10.9. The molecule has 0 spiro atoms. The van der Waals surface area contributed by atoms with E-state index in [0.717, 1.165) is 5.92 Å². The molecule has 17 heavy (non-hydrogen) atoms. The van der Waals surface area contributed by atoms with Crippen LogP contribution in [0.25, 0.3) is 0 Å². The van der Waals surface area contributed by atoms with Gasteiger partial charge in [0.05, 0.1) is 0 Å². The summed E-state index contributed by atoms with van der Waals surface area (Å²) in [5.74, 6) is 1.04. The maximum Gasteiger partial charge on any atom is 0.224 e. The van der Waals surface area contributed by atoms with E-state index in [-0.39, 0.29) is 24.4 Å². The van der Waals surface area contributed by atoms with Crippen molar-refractivity contribution in [1.82, 2.24) is 4.90 Å². The molecule has 2 aliphatic rings. The van der Waals surface area contributed by atoms with E-state index in [2.05, 4.69) is 11.8 Å². The van der Waals surface area contributed by atoms with Crippen LogP contribution in [0, 0.1) is 5.92 Å². The molecule has 1 aliphatic heterocycles. The first-order valence-corrected chi connectivity index (χ1v) is 6.66. The van der Waals surface area contributed by atoms with Gasteiger partial charge in [0.2, 0.25) is 5.91 Å². The monoisotopic (exact) mass is 260 g/mol. The molecule has 0 bridgehead atoms. The van der Waals surface area contributed by atoms with Crippen LogP contribution in [0.2, 0.25) is 0 Å². The molecule has 100 valence electrons. The van der Waals surface area contributed by atoms with E-state index in [1.807, 2.05) is 6.92 Å². The molecule has 1 aliphatic carbocycles. The van der Waals surface area contributed by atoms with Crippen molar-refractivity contribution in [3.8, 4) is 0 Å². The lowest BCUT2D eigenvalue weighted by atomic mass is 9.85. The molecule has 1 amide bonds. The third-order valence-corrected chi connectivity index (χ3v) is 4.13. The normalized spacial score (nSPS) is 33.8. The van der Waals surface area contributed by atoms with Crippen molar-refractivity contribution in [1.29, 1.82) is 0 Å². The first kappa shape index (κ1) is 14.8. The fourth-order valence-electron chi connectivity index (χ4n) is 3.52. The predicted octanol–water partition coefficient (Wildman–Crippen LogP) is 2.33. The largest absolute Gasteiger partial charge is 0.337 e. The molecule has 3 nitrogen and oxygen atoms in total. The molecule has 1 heterocycles. The molecular formula is C13H25ClN2O. The molecule has 2 fully saturated rings. The highest BCUT2D eigenvalue weighted by Crippen LogP contribution is 2.39. The third kappa shape index (κ3) is 3.14. The number of carbonyl (C=O) groups is 1. The summed E-state index contributed by atoms with van der Waals surface area (Å²) in [5.41, 5.74) is 5.73. The summed E-state index contributed by atoms with van der Waals surface area (Å²) in [6.07, 6.45) is 6.87. The molecule has 4 unspecified atom stereocenters. The summed E-state index contributed by atoms with van der Waals surface area (Å²) in [6, 6.07) is 0.941. The fourth-order valence-corrected chi connectivity index (χ4v) is 3.52. The molecule has 4 atom stereocenters. The van der Waals surface area contributed by atoms with Crippen molar-refractivity contribution < 1.29 is 4.79 Å². The number of rotatable bonds is 2. The number of carbonyl (C=O) groups excluding carboxylic acids is 1. The van der Waals surface area contributed by atoms with Gasteiger partial charge in [-0.25, -0.2) is 0 Å². The van der Waals surface area contributed by atoms with Gasteiger partial charge in [-0.05, 0) is 39.0 Å². The minimum atomic E-state index is -0.0117. The SMILES string of the molecule is CC(N)CC(=O)N1C(C)CC2CCCCC21.Cl. The van der Waals surface area contributed by atoms with Gasteiger partial charge in [-0.2, -0.15) is 0 Å². The van der Waals surface area contributed by atoms with Gasteiger partial charge in [-0.3, -0.25) is 4.79 Å². The fraction of sp³-hybridized carbons (Fsp3) is 0.923. The number of amides is 1. The number of nitrogens with zero attached hydrogens (tertiary/aromatic N) is 1. The Morgan fingerprint density at radius 2 is 2.06 bits per heavy atom. The molecular weight excluding hydrogens is 236 g/mol. The molecule has 2 rings (SSSR count). The zero-order chi connectivity index (χ0) is 11.7. The zero-order valence-corrected chi connectivity index (χ0v) is 11.7. The Morgan fingerprint density at radius 1 is 1.41 bits per heavy atom. The maximum atomic E-state index is 12.2. The Hall–Kier alpha value is -0.280. The standard InChI is InChI=1S/C13H24N2O.ClH/c1-9(14)7-13(16)15-10(2)8-11-5-3-4-6-12(11)15;/h9-12H,3-8,14H2,1-2H3;1H. The van der Waals surface area contributed by atoms with E-state index in [4.69, 9.17) is 5.73 Å². The van der Waals surface area contributed by atoms with Crippen LogP contribution in [0.5, 0.6) is 0 Å². The van der Waals surface area contributed by atoms with Crippen molar-refractivity contribution in [2.75, 3.05) is 0 Å². The number of halogens is 1. The molecule has 1 saturated carbocycles. The minimum Gasteiger partial charge on any atom is -0.337 e. The Bertz CT molecular complexity index is 270. The lowest BCUT2D eigenvalue weighted by Gasteiger charge is -2.33. The summed E-state index contributed by atoms with van der Waals surface area (Å²) >= 11 is 0. The summed E-state index contributed by atoms with van der Waals surface area (Å²) < 4.78 is 0. The summed E-state index contributed by atoms with van der Waals surface area (Å²) in [6.45, 7) is 4.11. The highest BCUT2D eigenvalue weighted by Gasteiger charge is 2.42. The number of fused-ring (bicyclic) bond motifs is 1. The van der Waals surface area contributed by atoms with E-state index in [1.165, 1.54) is 32.1 Å². The lowest BCUT2D eigenvalue weighted by molar-refractivity contribution is -0.134. The Kier molecular flexibility index (Phi) is 5.26. The van der Waals surface area contributed by atoms with E-state index < -0.39 is 0 Å². The molecule has 0 aromatic heterocycles. The first-order chi connectivity index (χ1) is 7.59. The van der Waals surface area contributed by atoms with Crippen LogP contribution < -0.4 is 5.73 Å². The number of hydrogen-bond acceptors (Lipinski definition) is 2. The third-order valence-electron chi connectivity index (χ3n) is 4.13. The predicted molar refractivity (Wildman–Crippen MR) is 72.2 cm³/mol. The first-order valence-electron chi connectivity index (χ1n) is 6.66. The van der Waals surface area contributed by atoms with Crippen molar-refractivity contribution in [3.63, 3.8) is 0 Å². The van der Waals surface area contributed by atoms with Gasteiger partial charge < -0.3 is 10.6 Å². The number of nitrogens with two attached hydrogens (primary N) is 1. The lowest BCUT2D eigenvalue weighted by Crippen LogP contribution is -2.44. The Morgan fingerprint density at radius 3 is 2.71 bits per heavy atom. The second-order valence-electron chi connectivity index (χ2n) is 5.68. The van der Waals surface area contributed by atoms with Crippen LogP contribution in [-0.4, -0.2) is 28.9 Å².